The number of benzene rings is 2. The second-order valence-electron chi connectivity index (χ2n) is 8.02. The number of nitrogens with zero attached hydrogens (tertiary/aromatic N) is 3. The molecular formula is C25H28N4O4. The van der Waals surface area contributed by atoms with Gasteiger partial charge < -0.3 is 19.3 Å². The Morgan fingerprint density at radius 2 is 1.91 bits per heavy atom. The van der Waals surface area contributed by atoms with Crippen molar-refractivity contribution in [1.29, 1.82) is 0 Å². The van der Waals surface area contributed by atoms with Crippen LogP contribution in [0.15, 0.2) is 52.7 Å². The van der Waals surface area contributed by atoms with Gasteiger partial charge in [0.1, 0.15) is 5.75 Å². The summed E-state index contributed by atoms with van der Waals surface area (Å²) in [6.07, 6.45) is 0. The zero-order valence-electron chi connectivity index (χ0n) is 19.5. The lowest BCUT2D eigenvalue weighted by Gasteiger charge is -2.35. The first-order valence-electron chi connectivity index (χ1n) is 10.8. The number of carbonyl (C=O) groups excluding carboxylic acids is 1. The molecule has 0 radical (unpaired) electrons. The highest BCUT2D eigenvalue weighted by molar-refractivity contribution is 5.87. The topological polar surface area (TPSA) is 89.7 Å². The van der Waals surface area contributed by atoms with Gasteiger partial charge in [-0.1, -0.05) is 35.5 Å². The Morgan fingerprint density at radius 3 is 2.64 bits per heavy atom. The average molecular weight is 449 g/mol. The summed E-state index contributed by atoms with van der Waals surface area (Å²) < 4.78 is 16.2. The summed E-state index contributed by atoms with van der Waals surface area (Å²) in [5.41, 5.74) is 5.57. The second kappa shape index (κ2) is 9.46. The van der Waals surface area contributed by atoms with Gasteiger partial charge in [-0.2, -0.15) is 4.98 Å². The van der Waals surface area contributed by atoms with Crippen LogP contribution < -0.4 is 10.1 Å². The van der Waals surface area contributed by atoms with Gasteiger partial charge in [0, 0.05) is 18.4 Å². The van der Waals surface area contributed by atoms with Gasteiger partial charge in [0.25, 0.3) is 5.89 Å². The lowest BCUT2D eigenvalue weighted by molar-refractivity contribution is 0.158. The van der Waals surface area contributed by atoms with E-state index < -0.39 is 6.04 Å². The van der Waals surface area contributed by atoms with Crippen molar-refractivity contribution in [2.75, 3.05) is 27.4 Å². The fourth-order valence-corrected chi connectivity index (χ4v) is 3.92. The van der Waals surface area contributed by atoms with Crippen LogP contribution >= 0.6 is 0 Å². The molecule has 1 aromatic heterocycles. The molecule has 0 saturated heterocycles. The molecule has 0 fully saturated rings. The number of rotatable bonds is 7. The summed E-state index contributed by atoms with van der Waals surface area (Å²) in [6.45, 7) is 6.83. The van der Waals surface area contributed by atoms with Crippen LogP contribution in [-0.4, -0.2) is 48.4 Å². The van der Waals surface area contributed by atoms with Crippen molar-refractivity contribution in [2.45, 2.75) is 26.8 Å². The van der Waals surface area contributed by atoms with Gasteiger partial charge in [0.15, 0.2) is 0 Å². The first-order chi connectivity index (χ1) is 15.9. The molecule has 2 amide bonds. The summed E-state index contributed by atoms with van der Waals surface area (Å²) >= 11 is 0. The monoisotopic (exact) mass is 448 g/mol. The molecule has 8 nitrogen and oxygen atoms in total. The highest BCUT2D eigenvalue weighted by Gasteiger charge is 2.35. The number of aromatic nitrogens is 2. The standard InChI is InChI=1S/C25H28N4O4/c1-15-9-10-18(13-16(15)2)22-21(17(3)29(11-12-31-4)25(30)26-22)24-27-23(28-33-24)19-7-6-8-20(14-19)32-5/h6-10,13-14,22H,11-12H2,1-5H3,(H,26,30). The molecule has 8 heteroatoms. The molecule has 1 aliphatic rings. The molecule has 0 bridgehead atoms. The minimum Gasteiger partial charge on any atom is -0.497 e. The SMILES string of the molecule is COCCN1C(=O)NC(c2ccc(C)c(C)c2)C(c2nc(-c3cccc(OC)c3)no2)=C1C. The third kappa shape index (κ3) is 4.47. The van der Waals surface area contributed by atoms with E-state index >= 15 is 0 Å². The van der Waals surface area contributed by atoms with Crippen molar-refractivity contribution in [3.05, 3.63) is 70.7 Å². The molecule has 2 heterocycles. The van der Waals surface area contributed by atoms with Crippen molar-refractivity contribution in [1.82, 2.24) is 20.4 Å². The summed E-state index contributed by atoms with van der Waals surface area (Å²) in [4.78, 5) is 19.3. The van der Waals surface area contributed by atoms with E-state index in [2.05, 4.69) is 41.4 Å². The van der Waals surface area contributed by atoms with Crippen LogP contribution in [0.2, 0.25) is 0 Å². The number of hydrogen-bond acceptors (Lipinski definition) is 6. The van der Waals surface area contributed by atoms with Gasteiger partial charge in [-0.15, -0.1) is 0 Å². The van der Waals surface area contributed by atoms with Gasteiger partial charge in [0.05, 0.1) is 31.9 Å². The smallest absolute Gasteiger partial charge is 0.322 e. The number of urea groups is 1. The summed E-state index contributed by atoms with van der Waals surface area (Å²) in [7, 11) is 3.22. The maximum atomic E-state index is 13.0. The quantitative estimate of drug-likeness (QED) is 0.572. The molecule has 2 aromatic carbocycles. The number of amides is 2. The van der Waals surface area contributed by atoms with Gasteiger partial charge >= 0.3 is 6.03 Å². The Morgan fingerprint density at radius 1 is 1.09 bits per heavy atom. The van der Waals surface area contributed by atoms with Crippen molar-refractivity contribution >= 4 is 11.6 Å². The molecule has 3 aromatic rings. The fraction of sp³-hybridized carbons (Fsp3) is 0.320. The molecule has 33 heavy (non-hydrogen) atoms. The van der Waals surface area contributed by atoms with Gasteiger partial charge in [-0.3, -0.25) is 4.90 Å². The third-order valence-corrected chi connectivity index (χ3v) is 5.96. The van der Waals surface area contributed by atoms with Crippen LogP contribution in [0.25, 0.3) is 17.0 Å². The molecule has 1 N–H and O–H groups in total. The number of methoxy groups -OCH3 is 2. The first kappa shape index (κ1) is 22.5. The van der Waals surface area contributed by atoms with Crippen LogP contribution in [0.4, 0.5) is 4.79 Å². The number of allylic oxidation sites excluding steroid dienone is 1. The predicted molar refractivity (Wildman–Crippen MR) is 125 cm³/mol. The van der Waals surface area contributed by atoms with Crippen molar-refractivity contribution in [3.63, 3.8) is 0 Å². The molecule has 0 aliphatic carbocycles. The average Bonchev–Trinajstić information content (AvgIpc) is 3.30. The van der Waals surface area contributed by atoms with E-state index in [0.29, 0.717) is 30.6 Å². The predicted octanol–water partition coefficient (Wildman–Crippen LogP) is 4.51. The molecular weight excluding hydrogens is 420 g/mol. The van der Waals surface area contributed by atoms with Crippen molar-refractivity contribution < 1.29 is 18.8 Å². The first-order valence-corrected chi connectivity index (χ1v) is 10.8. The summed E-state index contributed by atoms with van der Waals surface area (Å²) in [6, 6.07) is 13.0. The second-order valence-corrected chi connectivity index (χ2v) is 8.02. The largest absolute Gasteiger partial charge is 0.497 e. The van der Waals surface area contributed by atoms with Crippen LogP contribution in [0.5, 0.6) is 5.75 Å². The Balaban J connectivity index is 1.80. The van der Waals surface area contributed by atoms with Gasteiger partial charge in [-0.25, -0.2) is 4.79 Å². The van der Waals surface area contributed by atoms with E-state index in [4.69, 9.17) is 14.0 Å². The number of hydrogen-bond donors (Lipinski definition) is 1. The van der Waals surface area contributed by atoms with Crippen LogP contribution in [0.3, 0.4) is 0 Å². The maximum absolute atomic E-state index is 13.0. The van der Waals surface area contributed by atoms with E-state index in [9.17, 15) is 4.79 Å². The van der Waals surface area contributed by atoms with Gasteiger partial charge in [0.2, 0.25) is 5.82 Å². The van der Waals surface area contributed by atoms with Crippen molar-refractivity contribution in [2.24, 2.45) is 0 Å². The lowest BCUT2D eigenvalue weighted by Crippen LogP contribution is -2.47. The Hall–Kier alpha value is -3.65. The maximum Gasteiger partial charge on any atom is 0.322 e. The lowest BCUT2D eigenvalue weighted by atomic mass is 9.92. The highest BCUT2D eigenvalue weighted by Crippen LogP contribution is 2.38. The van der Waals surface area contributed by atoms with E-state index in [0.717, 1.165) is 28.0 Å². The normalized spacial score (nSPS) is 16.2. The third-order valence-electron chi connectivity index (χ3n) is 5.96. The van der Waals surface area contributed by atoms with Crippen molar-refractivity contribution in [3.8, 4) is 17.1 Å². The number of aryl methyl sites for hydroxylation is 2. The molecule has 172 valence electrons. The zero-order chi connectivity index (χ0) is 23.5. The Kier molecular flexibility index (Phi) is 6.46. The minimum absolute atomic E-state index is 0.191. The van der Waals surface area contributed by atoms with Crippen LogP contribution in [-0.2, 0) is 4.74 Å². The molecule has 0 spiro atoms. The highest BCUT2D eigenvalue weighted by atomic mass is 16.5. The molecule has 0 saturated carbocycles. The minimum atomic E-state index is -0.422. The molecule has 1 aliphatic heterocycles. The van der Waals surface area contributed by atoms with E-state index in [1.807, 2.05) is 37.3 Å². The van der Waals surface area contributed by atoms with Crippen LogP contribution in [0.1, 0.15) is 35.5 Å². The van der Waals surface area contributed by atoms with E-state index in [1.165, 1.54) is 5.56 Å². The van der Waals surface area contributed by atoms with E-state index in [-0.39, 0.29) is 6.03 Å². The van der Waals surface area contributed by atoms with E-state index in [1.54, 1.807) is 19.1 Å². The Labute approximate surface area is 193 Å². The number of nitrogens with one attached hydrogen (secondary N) is 1. The molecule has 4 rings (SSSR count). The number of ether oxygens (including phenoxy) is 2. The Bertz CT molecular complexity index is 1200. The fourth-order valence-electron chi connectivity index (χ4n) is 3.92. The molecule has 1 unspecified atom stereocenters. The summed E-state index contributed by atoms with van der Waals surface area (Å²) in [5.74, 6) is 1.51. The molecule has 1 atom stereocenters. The number of carbonyl (C=O) groups is 1. The summed E-state index contributed by atoms with van der Waals surface area (Å²) in [5, 5.41) is 7.32. The van der Waals surface area contributed by atoms with Crippen LogP contribution in [0, 0.1) is 13.8 Å². The zero-order valence-corrected chi connectivity index (χ0v) is 19.5. The van der Waals surface area contributed by atoms with Gasteiger partial charge in [-0.05, 0) is 49.6 Å².